The molecule has 1 aromatic carbocycles. The number of hydrogen-bond acceptors (Lipinski definition) is 3. The number of benzene rings is 1. The Labute approximate surface area is 140 Å². The number of fused-ring (bicyclic) bond motifs is 1. The number of anilines is 1. The van der Waals surface area contributed by atoms with Crippen molar-refractivity contribution < 1.29 is 14.3 Å². The van der Waals surface area contributed by atoms with Gasteiger partial charge in [-0.05, 0) is 51.0 Å². The van der Waals surface area contributed by atoms with Gasteiger partial charge in [-0.25, -0.2) is 4.79 Å². The fourth-order valence-electron chi connectivity index (χ4n) is 3.02. The van der Waals surface area contributed by atoms with Crippen LogP contribution in [-0.2, 0) is 9.53 Å². The molecule has 2 aromatic rings. The Balaban J connectivity index is 2.06. The van der Waals surface area contributed by atoms with Gasteiger partial charge in [-0.2, -0.15) is 0 Å². The van der Waals surface area contributed by atoms with E-state index in [1.54, 1.807) is 13.0 Å². The molecule has 5 nitrogen and oxygen atoms in total. The third kappa shape index (κ3) is 2.62. The lowest BCUT2D eigenvalue weighted by atomic mass is 10.0. The van der Waals surface area contributed by atoms with Crippen molar-refractivity contribution in [2.75, 3.05) is 11.9 Å². The number of H-pyrrole nitrogens is 1. The molecule has 0 fully saturated rings. The molecule has 2 N–H and O–H groups in total. The normalized spacial score (nSPS) is 14.7. The third-order valence-electron chi connectivity index (χ3n) is 4.20. The second kappa shape index (κ2) is 6.00. The van der Waals surface area contributed by atoms with Crippen LogP contribution in [0.2, 0.25) is 0 Å². The summed E-state index contributed by atoms with van der Waals surface area (Å²) in [7, 11) is 0. The van der Waals surface area contributed by atoms with Crippen LogP contribution in [0.15, 0.2) is 18.2 Å². The van der Waals surface area contributed by atoms with Gasteiger partial charge < -0.3 is 15.0 Å². The molecule has 0 saturated carbocycles. The molecule has 1 amide bonds. The molecule has 0 unspecified atom stereocenters. The second-order valence-corrected chi connectivity index (χ2v) is 5.95. The summed E-state index contributed by atoms with van der Waals surface area (Å²) < 4.78 is 5.10. The molecule has 0 atom stereocenters. The second-order valence-electron chi connectivity index (χ2n) is 5.95. The van der Waals surface area contributed by atoms with Crippen LogP contribution in [0.1, 0.15) is 45.4 Å². The van der Waals surface area contributed by atoms with Gasteiger partial charge in [-0.15, -0.1) is 0 Å². The van der Waals surface area contributed by atoms with Crippen molar-refractivity contribution in [3.05, 3.63) is 51.8 Å². The summed E-state index contributed by atoms with van der Waals surface area (Å²) in [6.45, 7) is 7.77. The number of carbonyl (C=O) groups excluding carboxylic acids is 2. The Hall–Kier alpha value is -2.82. The molecule has 2 heterocycles. The van der Waals surface area contributed by atoms with E-state index in [1.807, 2.05) is 39.0 Å². The van der Waals surface area contributed by atoms with E-state index in [1.165, 1.54) is 0 Å². The largest absolute Gasteiger partial charge is 0.462 e. The number of carbonyl (C=O) groups is 2. The molecule has 0 radical (unpaired) electrons. The number of aromatic amines is 1. The number of esters is 1. The summed E-state index contributed by atoms with van der Waals surface area (Å²) in [5.74, 6) is -0.486. The van der Waals surface area contributed by atoms with Gasteiger partial charge in [0.05, 0.1) is 17.7 Å². The number of aryl methyl sites for hydroxylation is 2. The van der Waals surface area contributed by atoms with E-state index in [0.29, 0.717) is 17.7 Å². The monoisotopic (exact) mass is 324 g/mol. The van der Waals surface area contributed by atoms with Gasteiger partial charge in [-0.3, -0.25) is 4.79 Å². The highest BCUT2D eigenvalue weighted by atomic mass is 16.5. The van der Waals surface area contributed by atoms with Gasteiger partial charge in [0.1, 0.15) is 0 Å². The molecule has 0 spiro atoms. The highest BCUT2D eigenvalue weighted by molar-refractivity contribution is 6.35. The highest BCUT2D eigenvalue weighted by Gasteiger charge is 2.25. The van der Waals surface area contributed by atoms with Crippen molar-refractivity contribution in [3.63, 3.8) is 0 Å². The Kier molecular flexibility index (Phi) is 4.01. The van der Waals surface area contributed by atoms with Crippen LogP contribution in [0.4, 0.5) is 5.69 Å². The minimum absolute atomic E-state index is 0.139. The molecule has 1 aromatic heterocycles. The quantitative estimate of drug-likeness (QED) is 0.669. The van der Waals surface area contributed by atoms with Crippen LogP contribution in [0.5, 0.6) is 0 Å². The van der Waals surface area contributed by atoms with Crippen molar-refractivity contribution >= 4 is 29.2 Å². The van der Waals surface area contributed by atoms with Crippen molar-refractivity contribution in [1.29, 1.82) is 0 Å². The van der Waals surface area contributed by atoms with Crippen LogP contribution in [0, 0.1) is 20.8 Å². The van der Waals surface area contributed by atoms with Crippen molar-refractivity contribution in [1.82, 2.24) is 4.98 Å². The minimum atomic E-state index is -0.347. The van der Waals surface area contributed by atoms with Crippen molar-refractivity contribution in [2.24, 2.45) is 0 Å². The smallest absolute Gasteiger partial charge is 0.340 e. The van der Waals surface area contributed by atoms with Crippen LogP contribution in [-0.4, -0.2) is 23.5 Å². The zero-order chi connectivity index (χ0) is 17.4. The standard InChI is InChI=1S/C19H20N2O3/c1-5-24-19(23)17-11(3)15(20-12(17)4)9-14-13-7-6-10(2)8-16(13)21-18(14)22/h6-9,20H,5H2,1-4H3,(H,21,22)/b14-9-. The van der Waals surface area contributed by atoms with Crippen LogP contribution in [0.25, 0.3) is 11.6 Å². The fourth-order valence-corrected chi connectivity index (χ4v) is 3.02. The number of amides is 1. The maximum absolute atomic E-state index is 12.3. The first-order chi connectivity index (χ1) is 11.4. The SMILES string of the molecule is CCOC(=O)c1c(C)[nH]c(/C=C2\C(=O)Nc3cc(C)ccc32)c1C. The minimum Gasteiger partial charge on any atom is -0.462 e. The Morgan fingerprint density at radius 1 is 1.25 bits per heavy atom. The zero-order valence-corrected chi connectivity index (χ0v) is 14.2. The van der Waals surface area contributed by atoms with Gasteiger partial charge in [-0.1, -0.05) is 12.1 Å². The Morgan fingerprint density at radius 3 is 2.71 bits per heavy atom. The zero-order valence-electron chi connectivity index (χ0n) is 14.2. The average Bonchev–Trinajstić information content (AvgIpc) is 2.96. The van der Waals surface area contributed by atoms with Gasteiger partial charge in [0.15, 0.2) is 0 Å². The summed E-state index contributed by atoms with van der Waals surface area (Å²) in [4.78, 5) is 27.6. The van der Waals surface area contributed by atoms with E-state index in [-0.39, 0.29) is 11.9 Å². The molecule has 1 aliphatic rings. The van der Waals surface area contributed by atoms with E-state index in [4.69, 9.17) is 4.74 Å². The Morgan fingerprint density at radius 2 is 2.00 bits per heavy atom. The summed E-state index contributed by atoms with van der Waals surface area (Å²) in [6, 6.07) is 5.86. The van der Waals surface area contributed by atoms with Crippen LogP contribution >= 0.6 is 0 Å². The Bertz CT molecular complexity index is 875. The number of aromatic nitrogens is 1. The maximum Gasteiger partial charge on any atom is 0.340 e. The number of nitrogens with one attached hydrogen (secondary N) is 2. The van der Waals surface area contributed by atoms with Gasteiger partial charge in [0, 0.05) is 22.6 Å². The molecule has 0 bridgehead atoms. The summed E-state index contributed by atoms with van der Waals surface area (Å²) in [5, 5.41) is 2.88. The predicted octanol–water partition coefficient (Wildman–Crippen LogP) is 3.61. The molecule has 0 saturated heterocycles. The van der Waals surface area contributed by atoms with E-state index in [2.05, 4.69) is 10.3 Å². The molecule has 0 aliphatic carbocycles. The van der Waals surface area contributed by atoms with Crippen LogP contribution in [0.3, 0.4) is 0 Å². The first kappa shape index (κ1) is 16.1. The number of hydrogen-bond donors (Lipinski definition) is 2. The summed E-state index contributed by atoms with van der Waals surface area (Å²) in [5.41, 5.74) is 6.16. The first-order valence-electron chi connectivity index (χ1n) is 7.92. The third-order valence-corrected chi connectivity index (χ3v) is 4.20. The lowest BCUT2D eigenvalue weighted by Crippen LogP contribution is -2.06. The molecular formula is C19H20N2O3. The molecule has 24 heavy (non-hydrogen) atoms. The van der Waals surface area contributed by atoms with E-state index in [0.717, 1.165) is 33.8 Å². The summed E-state index contributed by atoms with van der Waals surface area (Å²) in [6.07, 6.45) is 1.79. The lowest BCUT2D eigenvalue weighted by Gasteiger charge is -2.02. The van der Waals surface area contributed by atoms with Crippen molar-refractivity contribution in [3.8, 4) is 0 Å². The molecule has 3 rings (SSSR count). The predicted molar refractivity (Wildman–Crippen MR) is 93.9 cm³/mol. The highest BCUT2D eigenvalue weighted by Crippen LogP contribution is 2.34. The van der Waals surface area contributed by atoms with Gasteiger partial charge in [0.25, 0.3) is 5.91 Å². The molecule has 1 aliphatic heterocycles. The molecule has 124 valence electrons. The maximum atomic E-state index is 12.3. The summed E-state index contributed by atoms with van der Waals surface area (Å²) >= 11 is 0. The topological polar surface area (TPSA) is 71.2 Å². The number of rotatable bonds is 3. The van der Waals surface area contributed by atoms with E-state index >= 15 is 0 Å². The molecular weight excluding hydrogens is 304 g/mol. The average molecular weight is 324 g/mol. The van der Waals surface area contributed by atoms with E-state index in [9.17, 15) is 9.59 Å². The van der Waals surface area contributed by atoms with E-state index < -0.39 is 0 Å². The first-order valence-corrected chi connectivity index (χ1v) is 7.92. The van der Waals surface area contributed by atoms with Gasteiger partial charge >= 0.3 is 5.97 Å². The lowest BCUT2D eigenvalue weighted by molar-refractivity contribution is -0.110. The van der Waals surface area contributed by atoms with Gasteiger partial charge in [0.2, 0.25) is 0 Å². The van der Waals surface area contributed by atoms with Crippen LogP contribution < -0.4 is 5.32 Å². The van der Waals surface area contributed by atoms with Crippen molar-refractivity contribution in [2.45, 2.75) is 27.7 Å². The molecule has 5 heteroatoms. The fraction of sp³-hybridized carbons (Fsp3) is 0.263. The number of ether oxygens (including phenoxy) is 1.